The normalized spacial score (nSPS) is 13.5. The van der Waals surface area contributed by atoms with Gasteiger partial charge in [0.05, 0.1) is 0 Å². The molecule has 2 nitrogen and oxygen atoms in total. The molecule has 110 valence electrons. The van der Waals surface area contributed by atoms with Crippen molar-refractivity contribution in [1.29, 1.82) is 0 Å². The van der Waals surface area contributed by atoms with Crippen molar-refractivity contribution in [2.75, 3.05) is 0 Å². The van der Waals surface area contributed by atoms with E-state index in [4.69, 9.17) is 0 Å². The van der Waals surface area contributed by atoms with Crippen LogP contribution < -0.4 is 0 Å². The van der Waals surface area contributed by atoms with Crippen molar-refractivity contribution in [1.82, 2.24) is 0 Å². The minimum absolute atomic E-state index is 0.691. The van der Waals surface area contributed by atoms with Crippen LogP contribution in [-0.2, 0) is 0 Å². The third-order valence-corrected chi connectivity index (χ3v) is 3.77. The van der Waals surface area contributed by atoms with Gasteiger partial charge in [-0.3, -0.25) is 0 Å². The molecule has 0 amide bonds. The quantitative estimate of drug-likeness (QED) is 0.766. The molecule has 3 aromatic carbocycles. The van der Waals surface area contributed by atoms with Crippen LogP contribution in [0.1, 0.15) is 34.5 Å². The first-order valence-corrected chi connectivity index (χ1v) is 7.31. The van der Waals surface area contributed by atoms with E-state index in [-0.39, 0.29) is 0 Å². The lowest BCUT2D eigenvalue weighted by atomic mass is 9.96. The second-order valence-electron chi connectivity index (χ2n) is 5.30. The second kappa shape index (κ2) is 6.56. The van der Waals surface area contributed by atoms with Crippen molar-refractivity contribution in [3.63, 3.8) is 0 Å². The summed E-state index contributed by atoms with van der Waals surface area (Å²) in [5.41, 5.74) is 3.24. The van der Waals surface area contributed by atoms with Gasteiger partial charge in [-0.2, -0.15) is 0 Å². The van der Waals surface area contributed by atoms with Gasteiger partial charge < -0.3 is 10.2 Å². The lowest BCUT2D eigenvalue weighted by molar-refractivity contribution is 0.213. The predicted molar refractivity (Wildman–Crippen MR) is 87.4 cm³/mol. The molecule has 2 atom stereocenters. The van der Waals surface area contributed by atoms with Crippen molar-refractivity contribution in [2.45, 2.75) is 12.2 Å². The number of benzene rings is 3. The molecule has 0 fully saturated rings. The number of aliphatic hydroxyl groups is 2. The smallest absolute Gasteiger partial charge is 0.104 e. The highest BCUT2D eigenvalue weighted by atomic mass is 16.3. The highest BCUT2D eigenvalue weighted by molar-refractivity contribution is 5.36. The Balaban J connectivity index is 1.90. The Bertz CT molecular complexity index is 662. The molecule has 2 heteroatoms. The molecule has 0 saturated heterocycles. The van der Waals surface area contributed by atoms with Gasteiger partial charge >= 0.3 is 0 Å². The van der Waals surface area contributed by atoms with Crippen LogP contribution >= 0.6 is 0 Å². The third-order valence-electron chi connectivity index (χ3n) is 3.77. The lowest BCUT2D eigenvalue weighted by Gasteiger charge is -2.16. The number of aliphatic hydroxyl groups excluding tert-OH is 2. The summed E-state index contributed by atoms with van der Waals surface area (Å²) >= 11 is 0. The summed E-state index contributed by atoms with van der Waals surface area (Å²) < 4.78 is 0. The molecule has 0 aliphatic carbocycles. The monoisotopic (exact) mass is 290 g/mol. The van der Waals surface area contributed by atoms with E-state index in [1.165, 1.54) is 0 Å². The van der Waals surface area contributed by atoms with Crippen LogP contribution in [0.5, 0.6) is 0 Å². The Morgan fingerprint density at radius 3 is 1.23 bits per heavy atom. The maximum absolute atomic E-state index is 10.5. The first kappa shape index (κ1) is 14.5. The summed E-state index contributed by atoms with van der Waals surface area (Å²) in [6.07, 6.45) is -1.38. The number of hydrogen-bond acceptors (Lipinski definition) is 2. The fourth-order valence-electron chi connectivity index (χ4n) is 2.55. The van der Waals surface area contributed by atoms with E-state index in [9.17, 15) is 10.2 Å². The van der Waals surface area contributed by atoms with E-state index in [1.54, 1.807) is 0 Å². The Labute approximate surface area is 130 Å². The van der Waals surface area contributed by atoms with Gasteiger partial charge in [-0.15, -0.1) is 0 Å². The van der Waals surface area contributed by atoms with Crippen molar-refractivity contribution in [2.24, 2.45) is 0 Å². The van der Waals surface area contributed by atoms with Gasteiger partial charge in [0.15, 0.2) is 0 Å². The van der Waals surface area contributed by atoms with Gasteiger partial charge in [-0.1, -0.05) is 78.9 Å². The Hall–Kier alpha value is -2.42. The molecule has 3 rings (SSSR count). The molecule has 0 spiro atoms. The fraction of sp³-hybridized carbons (Fsp3) is 0.100. The molecule has 0 aliphatic heterocycles. The molecular formula is C20H18O2. The van der Waals surface area contributed by atoms with Gasteiger partial charge in [0.1, 0.15) is 12.2 Å². The van der Waals surface area contributed by atoms with Crippen LogP contribution in [0.2, 0.25) is 0 Å². The molecule has 0 unspecified atom stereocenters. The lowest BCUT2D eigenvalue weighted by Crippen LogP contribution is -2.03. The summed E-state index contributed by atoms with van der Waals surface area (Å²) in [5.74, 6) is 0. The number of hydrogen-bond donors (Lipinski definition) is 2. The summed E-state index contributed by atoms with van der Waals surface area (Å²) in [7, 11) is 0. The highest BCUT2D eigenvalue weighted by Crippen LogP contribution is 2.27. The summed E-state index contributed by atoms with van der Waals surface area (Å²) in [4.78, 5) is 0. The molecule has 0 aliphatic rings. The zero-order chi connectivity index (χ0) is 15.4. The van der Waals surface area contributed by atoms with Gasteiger partial charge in [0.25, 0.3) is 0 Å². The molecular weight excluding hydrogens is 272 g/mol. The van der Waals surface area contributed by atoms with Gasteiger partial charge in [-0.05, 0) is 28.3 Å². The van der Waals surface area contributed by atoms with Crippen molar-refractivity contribution in [3.8, 4) is 0 Å². The average molecular weight is 290 g/mol. The standard InChI is InChI=1S/C20H18O2/c21-19(15-8-3-1-4-9-15)17-12-7-13-18(14-17)20(22)16-10-5-2-6-11-16/h1-14,19-22H/t19-,20-/m1/s1. The Morgan fingerprint density at radius 2 is 0.818 bits per heavy atom. The van der Waals surface area contributed by atoms with Crippen LogP contribution in [0, 0.1) is 0 Å². The van der Waals surface area contributed by atoms with Crippen LogP contribution in [0.4, 0.5) is 0 Å². The highest BCUT2D eigenvalue weighted by Gasteiger charge is 2.14. The van der Waals surface area contributed by atoms with Crippen LogP contribution in [-0.4, -0.2) is 10.2 Å². The maximum atomic E-state index is 10.5. The van der Waals surface area contributed by atoms with E-state index in [0.717, 1.165) is 22.3 Å². The molecule has 0 heterocycles. The van der Waals surface area contributed by atoms with Crippen LogP contribution in [0.3, 0.4) is 0 Å². The fourth-order valence-corrected chi connectivity index (χ4v) is 2.55. The SMILES string of the molecule is O[C@H](c1ccccc1)c1cccc([C@H](O)c2ccccc2)c1. The molecule has 3 aromatic rings. The molecule has 22 heavy (non-hydrogen) atoms. The van der Waals surface area contributed by atoms with E-state index in [2.05, 4.69) is 0 Å². The average Bonchev–Trinajstić information content (AvgIpc) is 2.62. The van der Waals surface area contributed by atoms with Crippen molar-refractivity contribution < 1.29 is 10.2 Å². The van der Waals surface area contributed by atoms with Gasteiger partial charge in [0, 0.05) is 0 Å². The second-order valence-corrected chi connectivity index (χ2v) is 5.30. The number of rotatable bonds is 4. The Morgan fingerprint density at radius 1 is 0.455 bits per heavy atom. The van der Waals surface area contributed by atoms with E-state index in [0.29, 0.717) is 0 Å². The van der Waals surface area contributed by atoms with Crippen LogP contribution in [0.15, 0.2) is 84.9 Å². The first-order valence-electron chi connectivity index (χ1n) is 7.31. The third kappa shape index (κ3) is 3.08. The van der Waals surface area contributed by atoms with Gasteiger partial charge in [-0.25, -0.2) is 0 Å². The summed E-state index contributed by atoms with van der Waals surface area (Å²) in [6, 6.07) is 26.5. The minimum Gasteiger partial charge on any atom is -0.384 e. The zero-order valence-electron chi connectivity index (χ0n) is 12.1. The van der Waals surface area contributed by atoms with E-state index < -0.39 is 12.2 Å². The van der Waals surface area contributed by atoms with E-state index in [1.807, 2.05) is 84.9 Å². The van der Waals surface area contributed by atoms with Crippen LogP contribution in [0.25, 0.3) is 0 Å². The van der Waals surface area contributed by atoms with E-state index >= 15 is 0 Å². The molecule has 0 saturated carbocycles. The first-order chi connectivity index (χ1) is 10.8. The molecule has 0 radical (unpaired) electrons. The zero-order valence-corrected chi connectivity index (χ0v) is 12.1. The predicted octanol–water partition coefficient (Wildman–Crippen LogP) is 3.85. The molecule has 2 N–H and O–H groups in total. The summed E-state index contributed by atoms with van der Waals surface area (Å²) in [6.45, 7) is 0. The Kier molecular flexibility index (Phi) is 4.33. The van der Waals surface area contributed by atoms with Crippen molar-refractivity contribution in [3.05, 3.63) is 107 Å². The van der Waals surface area contributed by atoms with Gasteiger partial charge in [0.2, 0.25) is 0 Å². The molecule has 0 aromatic heterocycles. The topological polar surface area (TPSA) is 40.5 Å². The molecule has 0 bridgehead atoms. The summed E-state index contributed by atoms with van der Waals surface area (Å²) in [5, 5.41) is 21.0. The maximum Gasteiger partial charge on any atom is 0.104 e. The largest absolute Gasteiger partial charge is 0.384 e. The van der Waals surface area contributed by atoms with Crippen molar-refractivity contribution >= 4 is 0 Å². The minimum atomic E-state index is -0.691.